The molecule has 2 rings (SSSR count). The highest BCUT2D eigenvalue weighted by molar-refractivity contribution is 5.91. The van der Waals surface area contributed by atoms with Crippen LogP contribution in [0.15, 0.2) is 48.5 Å². The molecule has 3 nitrogen and oxygen atoms in total. The Morgan fingerprint density at radius 2 is 1.38 bits per heavy atom. The molecule has 6 heteroatoms. The zero-order valence-electron chi connectivity index (χ0n) is 17.5. The van der Waals surface area contributed by atoms with E-state index in [2.05, 4.69) is 39.9 Å². The summed E-state index contributed by atoms with van der Waals surface area (Å²) < 4.78 is 43.2. The lowest BCUT2D eigenvalue weighted by Crippen LogP contribution is -2.24. The first-order chi connectivity index (χ1) is 13.3. The second-order valence-electron chi connectivity index (χ2n) is 9.06. The number of carbonyl (C=O) groups excluding carboxylic acids is 1. The number of alkyl halides is 3. The fourth-order valence-electron chi connectivity index (χ4n) is 3.52. The number of hydrogen-bond acceptors (Lipinski definition) is 2. The van der Waals surface area contributed by atoms with E-state index in [9.17, 15) is 18.0 Å². The molecule has 0 saturated heterocycles. The number of ether oxygens (including phenoxy) is 1. The number of anilines is 1. The number of rotatable bonds is 6. The van der Waals surface area contributed by atoms with E-state index in [-0.39, 0.29) is 23.1 Å². The fourth-order valence-corrected chi connectivity index (χ4v) is 3.52. The van der Waals surface area contributed by atoms with E-state index >= 15 is 0 Å². The molecule has 0 unspecified atom stereocenters. The van der Waals surface area contributed by atoms with Crippen molar-refractivity contribution in [3.05, 3.63) is 59.7 Å². The molecule has 2 aromatic carbocycles. The Morgan fingerprint density at radius 1 is 0.862 bits per heavy atom. The van der Waals surface area contributed by atoms with Gasteiger partial charge in [-0.25, -0.2) is 0 Å². The first-order valence-electron chi connectivity index (χ1n) is 9.47. The van der Waals surface area contributed by atoms with Gasteiger partial charge in [-0.3, -0.25) is 4.79 Å². The lowest BCUT2D eigenvalue weighted by Gasteiger charge is -2.33. The van der Waals surface area contributed by atoms with Crippen LogP contribution >= 0.6 is 0 Å². The SMILES string of the molecule is CC(C)(C)CC(C)(C)c1ccc(OCC(=O)Nc2ccc(C(F)(F)F)cc2)cc1. The maximum atomic E-state index is 12.6. The van der Waals surface area contributed by atoms with Gasteiger partial charge in [0.25, 0.3) is 5.91 Å². The summed E-state index contributed by atoms with van der Waals surface area (Å²) in [6.45, 7) is 10.8. The van der Waals surface area contributed by atoms with Gasteiger partial charge < -0.3 is 10.1 Å². The van der Waals surface area contributed by atoms with E-state index in [0.717, 1.165) is 18.6 Å². The number of halogens is 3. The standard InChI is InChI=1S/C23H28F3NO2/c1-21(2,3)15-22(4,5)16-8-12-19(13-9-16)29-14-20(28)27-18-10-6-17(7-11-18)23(24,25)26/h6-13H,14-15H2,1-5H3,(H,27,28). The van der Waals surface area contributed by atoms with Gasteiger partial charge in [-0.05, 0) is 59.2 Å². The summed E-state index contributed by atoms with van der Waals surface area (Å²) in [6.07, 6.45) is -3.38. The molecule has 29 heavy (non-hydrogen) atoms. The van der Waals surface area contributed by atoms with Crippen LogP contribution in [0.2, 0.25) is 0 Å². The van der Waals surface area contributed by atoms with Gasteiger partial charge in [-0.2, -0.15) is 13.2 Å². The van der Waals surface area contributed by atoms with E-state index in [0.29, 0.717) is 5.75 Å². The summed E-state index contributed by atoms with van der Waals surface area (Å²) >= 11 is 0. The summed E-state index contributed by atoms with van der Waals surface area (Å²) in [4.78, 5) is 12.0. The van der Waals surface area contributed by atoms with Crippen molar-refractivity contribution in [2.75, 3.05) is 11.9 Å². The Morgan fingerprint density at radius 3 is 1.86 bits per heavy atom. The molecule has 2 aromatic rings. The molecule has 0 fully saturated rings. The second kappa shape index (κ2) is 8.47. The van der Waals surface area contributed by atoms with Gasteiger partial charge >= 0.3 is 6.18 Å². The van der Waals surface area contributed by atoms with Crippen LogP contribution in [0, 0.1) is 5.41 Å². The topological polar surface area (TPSA) is 38.3 Å². The normalized spacial score (nSPS) is 12.6. The molecule has 0 saturated carbocycles. The minimum atomic E-state index is -4.40. The summed E-state index contributed by atoms with van der Waals surface area (Å²) in [7, 11) is 0. The molecule has 0 aliphatic heterocycles. The van der Waals surface area contributed by atoms with Crippen molar-refractivity contribution in [3.63, 3.8) is 0 Å². The molecule has 0 aliphatic carbocycles. The van der Waals surface area contributed by atoms with Crippen LogP contribution < -0.4 is 10.1 Å². The molecule has 1 N–H and O–H groups in total. The van der Waals surface area contributed by atoms with E-state index in [1.807, 2.05) is 24.3 Å². The lowest BCUT2D eigenvalue weighted by atomic mass is 9.72. The zero-order chi connectivity index (χ0) is 21.9. The number of amides is 1. The highest BCUT2D eigenvalue weighted by atomic mass is 19.4. The number of carbonyl (C=O) groups is 1. The molecule has 0 radical (unpaired) electrons. The van der Waals surface area contributed by atoms with Crippen LogP contribution in [-0.2, 0) is 16.4 Å². The minimum absolute atomic E-state index is 0.0106. The fraction of sp³-hybridized carbons (Fsp3) is 0.435. The average molecular weight is 407 g/mol. The zero-order valence-corrected chi connectivity index (χ0v) is 17.5. The monoisotopic (exact) mass is 407 g/mol. The van der Waals surface area contributed by atoms with Crippen molar-refractivity contribution in [3.8, 4) is 5.75 Å². The molecule has 158 valence electrons. The summed E-state index contributed by atoms with van der Waals surface area (Å²) in [5.41, 5.74) is 0.923. The van der Waals surface area contributed by atoms with Crippen molar-refractivity contribution in [2.45, 2.75) is 52.6 Å². The molecule has 0 aliphatic rings. The lowest BCUT2D eigenvalue weighted by molar-refractivity contribution is -0.137. The molecular formula is C23H28F3NO2. The van der Waals surface area contributed by atoms with Gasteiger partial charge in [0.15, 0.2) is 6.61 Å². The van der Waals surface area contributed by atoms with Crippen LogP contribution in [0.25, 0.3) is 0 Å². The Bertz CT molecular complexity index is 817. The largest absolute Gasteiger partial charge is 0.484 e. The Labute approximate surface area is 170 Å². The van der Waals surface area contributed by atoms with E-state index in [1.54, 1.807) is 0 Å². The van der Waals surface area contributed by atoms with Gasteiger partial charge in [0.2, 0.25) is 0 Å². The van der Waals surface area contributed by atoms with Gasteiger partial charge in [-0.1, -0.05) is 46.8 Å². The number of nitrogens with one attached hydrogen (secondary N) is 1. The minimum Gasteiger partial charge on any atom is -0.484 e. The van der Waals surface area contributed by atoms with Crippen molar-refractivity contribution in [1.29, 1.82) is 0 Å². The highest BCUT2D eigenvalue weighted by Gasteiger charge is 2.30. The van der Waals surface area contributed by atoms with Crippen molar-refractivity contribution >= 4 is 11.6 Å². The summed E-state index contributed by atoms with van der Waals surface area (Å²) in [6, 6.07) is 11.9. The maximum absolute atomic E-state index is 12.6. The van der Waals surface area contributed by atoms with Crippen LogP contribution in [-0.4, -0.2) is 12.5 Å². The van der Waals surface area contributed by atoms with Gasteiger partial charge in [0.05, 0.1) is 5.56 Å². The van der Waals surface area contributed by atoms with E-state index in [4.69, 9.17) is 4.74 Å². The summed E-state index contributed by atoms with van der Waals surface area (Å²) in [5.74, 6) is 0.116. The molecule has 0 bridgehead atoms. The third-order valence-corrected chi connectivity index (χ3v) is 4.47. The molecule has 0 atom stereocenters. The van der Waals surface area contributed by atoms with Crippen LogP contribution in [0.1, 0.15) is 52.2 Å². The molecular weight excluding hydrogens is 379 g/mol. The van der Waals surface area contributed by atoms with Crippen LogP contribution in [0.3, 0.4) is 0 Å². The van der Waals surface area contributed by atoms with E-state index < -0.39 is 17.6 Å². The number of hydrogen-bond donors (Lipinski definition) is 1. The molecule has 0 spiro atoms. The molecule has 0 aromatic heterocycles. The predicted molar refractivity (Wildman–Crippen MR) is 109 cm³/mol. The second-order valence-corrected chi connectivity index (χ2v) is 9.06. The molecule has 0 heterocycles. The smallest absolute Gasteiger partial charge is 0.416 e. The first-order valence-corrected chi connectivity index (χ1v) is 9.47. The summed E-state index contributed by atoms with van der Waals surface area (Å²) in [5, 5.41) is 2.52. The van der Waals surface area contributed by atoms with Gasteiger partial charge in [0.1, 0.15) is 5.75 Å². The van der Waals surface area contributed by atoms with E-state index in [1.165, 1.54) is 17.7 Å². The van der Waals surface area contributed by atoms with Crippen LogP contribution in [0.4, 0.5) is 18.9 Å². The Kier molecular flexibility index (Phi) is 6.66. The van der Waals surface area contributed by atoms with Crippen LogP contribution in [0.5, 0.6) is 5.75 Å². The van der Waals surface area contributed by atoms with Gasteiger partial charge in [0, 0.05) is 5.69 Å². The number of benzene rings is 2. The third kappa shape index (κ3) is 7.11. The van der Waals surface area contributed by atoms with Crippen molar-refractivity contribution in [1.82, 2.24) is 0 Å². The average Bonchev–Trinajstić information content (AvgIpc) is 2.58. The van der Waals surface area contributed by atoms with Gasteiger partial charge in [-0.15, -0.1) is 0 Å². The third-order valence-electron chi connectivity index (χ3n) is 4.47. The maximum Gasteiger partial charge on any atom is 0.416 e. The predicted octanol–water partition coefficient (Wildman–Crippen LogP) is 6.44. The Hall–Kier alpha value is -2.50. The van der Waals surface area contributed by atoms with Crippen molar-refractivity contribution < 1.29 is 22.7 Å². The first kappa shape index (κ1) is 22.8. The highest BCUT2D eigenvalue weighted by Crippen LogP contribution is 2.36. The quantitative estimate of drug-likeness (QED) is 0.599. The Balaban J connectivity index is 1.90. The van der Waals surface area contributed by atoms with Crippen molar-refractivity contribution in [2.24, 2.45) is 5.41 Å². The molecule has 1 amide bonds.